The second-order valence-electron chi connectivity index (χ2n) is 5.26. The molecule has 0 fully saturated rings. The van der Waals surface area contributed by atoms with Crippen molar-refractivity contribution in [2.45, 2.75) is 52.5 Å². The van der Waals surface area contributed by atoms with Crippen molar-refractivity contribution in [1.82, 2.24) is 15.8 Å². The maximum atomic E-state index is 11.7. The molecule has 0 radical (unpaired) electrons. The number of carbonyl (C=O) groups is 1. The Bertz CT molecular complexity index is 412. The zero-order valence-electron chi connectivity index (χ0n) is 12.7. The van der Waals surface area contributed by atoms with Crippen LogP contribution in [0.5, 0.6) is 0 Å². The molecule has 1 aromatic heterocycles. The van der Waals surface area contributed by atoms with Gasteiger partial charge in [0.2, 0.25) is 0 Å². The fraction of sp³-hybridized carbons (Fsp3) is 0.714. The second kappa shape index (κ2) is 7.89. The summed E-state index contributed by atoms with van der Waals surface area (Å²) in [5.74, 6) is 0.952. The topological polar surface area (TPSA) is 87.4 Å². The van der Waals surface area contributed by atoms with Gasteiger partial charge in [-0.15, -0.1) is 0 Å². The average molecular weight is 283 g/mol. The number of amides is 2. The molecule has 2 unspecified atom stereocenters. The molecular formula is C14H25N3O3. The summed E-state index contributed by atoms with van der Waals surface area (Å²) >= 11 is 0. The van der Waals surface area contributed by atoms with E-state index in [4.69, 9.17) is 9.63 Å². The summed E-state index contributed by atoms with van der Waals surface area (Å²) in [4.78, 5) is 11.7. The monoisotopic (exact) mass is 283 g/mol. The number of carbonyl (C=O) groups excluding carboxylic acids is 1. The molecule has 0 aliphatic carbocycles. The summed E-state index contributed by atoms with van der Waals surface area (Å²) in [6.07, 6.45) is 1.46. The van der Waals surface area contributed by atoms with Crippen LogP contribution in [0.25, 0.3) is 0 Å². The molecule has 3 N–H and O–H groups in total. The number of nitrogens with zero attached hydrogens (tertiary/aromatic N) is 1. The first-order valence-electron chi connectivity index (χ1n) is 7.03. The van der Waals surface area contributed by atoms with Gasteiger partial charge < -0.3 is 20.3 Å². The lowest BCUT2D eigenvalue weighted by molar-refractivity contribution is 0.234. The van der Waals surface area contributed by atoms with Gasteiger partial charge in [-0.2, -0.15) is 0 Å². The Morgan fingerprint density at radius 1 is 1.40 bits per heavy atom. The summed E-state index contributed by atoms with van der Waals surface area (Å²) in [6, 6.07) is -0.134. The first-order valence-corrected chi connectivity index (χ1v) is 7.03. The largest absolute Gasteiger partial charge is 0.396 e. The SMILES string of the molecule is Cc1noc(C)c1C(C)CNC(=O)NC(C)CCCO. The Hall–Kier alpha value is -1.56. The highest BCUT2D eigenvalue weighted by Gasteiger charge is 2.17. The predicted octanol–water partition coefficient (Wildman–Crippen LogP) is 1.86. The number of rotatable bonds is 7. The van der Waals surface area contributed by atoms with Crippen molar-refractivity contribution < 1.29 is 14.4 Å². The molecule has 2 amide bonds. The van der Waals surface area contributed by atoms with Crippen LogP contribution in [-0.2, 0) is 0 Å². The molecule has 114 valence electrons. The minimum absolute atomic E-state index is 0.0523. The summed E-state index contributed by atoms with van der Waals surface area (Å²) < 4.78 is 5.13. The lowest BCUT2D eigenvalue weighted by Crippen LogP contribution is -2.42. The fourth-order valence-corrected chi connectivity index (χ4v) is 2.29. The lowest BCUT2D eigenvalue weighted by Gasteiger charge is -2.16. The van der Waals surface area contributed by atoms with E-state index >= 15 is 0 Å². The molecule has 20 heavy (non-hydrogen) atoms. The number of aliphatic hydroxyl groups is 1. The van der Waals surface area contributed by atoms with Crippen LogP contribution in [0.4, 0.5) is 4.79 Å². The van der Waals surface area contributed by atoms with Crippen LogP contribution in [0, 0.1) is 13.8 Å². The highest BCUT2D eigenvalue weighted by Crippen LogP contribution is 2.22. The molecule has 0 aromatic carbocycles. The van der Waals surface area contributed by atoms with Crippen LogP contribution in [0.15, 0.2) is 4.52 Å². The van der Waals surface area contributed by atoms with E-state index in [-0.39, 0.29) is 24.6 Å². The molecule has 0 bridgehead atoms. The Kier molecular flexibility index (Phi) is 6.51. The van der Waals surface area contributed by atoms with Crippen LogP contribution >= 0.6 is 0 Å². The third-order valence-corrected chi connectivity index (χ3v) is 3.32. The number of aliphatic hydroxyl groups excluding tert-OH is 1. The van der Waals surface area contributed by atoms with Crippen molar-refractivity contribution in [3.05, 3.63) is 17.0 Å². The van der Waals surface area contributed by atoms with E-state index in [9.17, 15) is 4.79 Å². The van der Waals surface area contributed by atoms with E-state index in [1.807, 2.05) is 27.7 Å². The molecule has 0 saturated heterocycles. The fourth-order valence-electron chi connectivity index (χ4n) is 2.29. The van der Waals surface area contributed by atoms with Crippen molar-refractivity contribution in [2.75, 3.05) is 13.2 Å². The number of hydrogen-bond donors (Lipinski definition) is 3. The molecule has 0 spiro atoms. The predicted molar refractivity (Wildman–Crippen MR) is 76.7 cm³/mol. The van der Waals surface area contributed by atoms with Gasteiger partial charge in [0.1, 0.15) is 5.76 Å². The first kappa shape index (κ1) is 16.5. The number of urea groups is 1. The molecule has 6 heteroatoms. The third kappa shape index (κ3) is 4.85. The Morgan fingerprint density at radius 3 is 2.65 bits per heavy atom. The zero-order valence-corrected chi connectivity index (χ0v) is 12.7. The van der Waals surface area contributed by atoms with Gasteiger partial charge in [-0.1, -0.05) is 12.1 Å². The summed E-state index contributed by atoms with van der Waals surface area (Å²) in [5, 5.41) is 18.4. The van der Waals surface area contributed by atoms with E-state index in [1.54, 1.807) is 0 Å². The lowest BCUT2D eigenvalue weighted by atomic mass is 10.00. The molecule has 1 heterocycles. The first-order chi connectivity index (χ1) is 9.45. The highest BCUT2D eigenvalue weighted by molar-refractivity contribution is 5.74. The van der Waals surface area contributed by atoms with Crippen molar-refractivity contribution in [3.63, 3.8) is 0 Å². The molecule has 1 aromatic rings. The van der Waals surface area contributed by atoms with Crippen molar-refractivity contribution >= 4 is 6.03 Å². The van der Waals surface area contributed by atoms with Gasteiger partial charge in [-0.3, -0.25) is 0 Å². The van der Waals surface area contributed by atoms with Gasteiger partial charge in [-0.05, 0) is 33.6 Å². The van der Waals surface area contributed by atoms with E-state index in [1.165, 1.54) is 0 Å². The van der Waals surface area contributed by atoms with Crippen molar-refractivity contribution in [3.8, 4) is 0 Å². The quantitative estimate of drug-likeness (QED) is 0.712. The van der Waals surface area contributed by atoms with Gasteiger partial charge in [0, 0.05) is 30.7 Å². The summed E-state index contributed by atoms with van der Waals surface area (Å²) in [5.41, 5.74) is 1.92. The molecule has 2 atom stereocenters. The highest BCUT2D eigenvalue weighted by atomic mass is 16.5. The molecule has 6 nitrogen and oxygen atoms in total. The van der Waals surface area contributed by atoms with Gasteiger partial charge in [0.15, 0.2) is 0 Å². The third-order valence-electron chi connectivity index (χ3n) is 3.32. The number of aryl methyl sites for hydroxylation is 2. The van der Waals surface area contributed by atoms with E-state index in [0.29, 0.717) is 13.0 Å². The van der Waals surface area contributed by atoms with Crippen LogP contribution in [0.3, 0.4) is 0 Å². The molecule has 0 aliphatic rings. The number of hydrogen-bond acceptors (Lipinski definition) is 4. The minimum Gasteiger partial charge on any atom is -0.396 e. The van der Waals surface area contributed by atoms with Gasteiger partial charge in [0.05, 0.1) is 5.69 Å². The van der Waals surface area contributed by atoms with Gasteiger partial charge in [-0.25, -0.2) is 4.79 Å². The average Bonchev–Trinajstić information content (AvgIpc) is 2.73. The zero-order chi connectivity index (χ0) is 15.1. The Balaban J connectivity index is 2.37. The van der Waals surface area contributed by atoms with Crippen LogP contribution < -0.4 is 10.6 Å². The van der Waals surface area contributed by atoms with Crippen molar-refractivity contribution in [1.29, 1.82) is 0 Å². The molecule has 0 aliphatic heterocycles. The van der Waals surface area contributed by atoms with Crippen molar-refractivity contribution in [2.24, 2.45) is 0 Å². The molecule has 1 rings (SSSR count). The van der Waals surface area contributed by atoms with E-state index in [2.05, 4.69) is 15.8 Å². The van der Waals surface area contributed by atoms with Crippen LogP contribution in [0.1, 0.15) is 49.6 Å². The number of aromatic nitrogens is 1. The van der Waals surface area contributed by atoms with E-state index < -0.39 is 0 Å². The maximum Gasteiger partial charge on any atom is 0.315 e. The smallest absolute Gasteiger partial charge is 0.315 e. The Labute approximate surface area is 119 Å². The second-order valence-corrected chi connectivity index (χ2v) is 5.26. The summed E-state index contributed by atoms with van der Waals surface area (Å²) in [6.45, 7) is 8.41. The van der Waals surface area contributed by atoms with Crippen LogP contribution in [-0.4, -0.2) is 35.5 Å². The molecular weight excluding hydrogens is 258 g/mol. The maximum absolute atomic E-state index is 11.7. The van der Waals surface area contributed by atoms with Crippen LogP contribution in [0.2, 0.25) is 0 Å². The number of nitrogens with one attached hydrogen (secondary N) is 2. The Morgan fingerprint density at radius 2 is 2.10 bits per heavy atom. The molecule has 0 saturated carbocycles. The summed E-state index contributed by atoms with van der Waals surface area (Å²) in [7, 11) is 0. The normalized spacial score (nSPS) is 13.8. The standard InChI is InChI=1S/C14H25N3O3/c1-9(13-11(3)17-20-12(13)4)8-15-14(19)16-10(2)6-5-7-18/h9-10,18H,5-8H2,1-4H3,(H2,15,16,19). The van der Waals surface area contributed by atoms with E-state index in [0.717, 1.165) is 23.4 Å². The minimum atomic E-state index is -0.186. The van der Waals surface area contributed by atoms with Gasteiger partial charge in [0.25, 0.3) is 0 Å². The van der Waals surface area contributed by atoms with Gasteiger partial charge >= 0.3 is 6.03 Å².